The molecular formula is C14H27N3S. The van der Waals surface area contributed by atoms with Gasteiger partial charge in [0.1, 0.15) is 0 Å². The molecule has 0 spiro atoms. The molecule has 18 heavy (non-hydrogen) atoms. The van der Waals surface area contributed by atoms with E-state index in [-0.39, 0.29) is 6.04 Å². The van der Waals surface area contributed by atoms with Crippen molar-refractivity contribution in [2.45, 2.75) is 57.5 Å². The van der Waals surface area contributed by atoms with Crippen LogP contribution in [0.15, 0.2) is 0 Å². The third-order valence-electron chi connectivity index (χ3n) is 4.65. The smallest absolute Gasteiger partial charge is 0.0899 e. The molecule has 104 valence electrons. The van der Waals surface area contributed by atoms with Crippen LogP contribution in [-0.2, 0) is 0 Å². The number of hydrogen-bond acceptors (Lipinski definition) is 3. The van der Waals surface area contributed by atoms with Gasteiger partial charge in [-0.25, -0.2) is 0 Å². The Morgan fingerprint density at radius 1 is 1.06 bits per heavy atom. The molecule has 2 aliphatic rings. The first-order valence-corrected chi connectivity index (χ1v) is 7.86. The van der Waals surface area contributed by atoms with Gasteiger partial charge in [-0.2, -0.15) is 0 Å². The minimum absolute atomic E-state index is 0.260. The number of thiocarbonyl (C=S) groups is 1. The van der Waals surface area contributed by atoms with Crippen molar-refractivity contribution in [3.05, 3.63) is 0 Å². The second-order valence-corrected chi connectivity index (χ2v) is 6.27. The monoisotopic (exact) mass is 269 g/mol. The first kappa shape index (κ1) is 14.2. The zero-order valence-electron chi connectivity index (χ0n) is 11.6. The molecule has 1 aliphatic heterocycles. The molecule has 2 N–H and O–H groups in total. The van der Waals surface area contributed by atoms with Crippen LogP contribution in [0.25, 0.3) is 0 Å². The molecule has 2 rings (SSSR count). The molecule has 0 amide bonds. The van der Waals surface area contributed by atoms with E-state index >= 15 is 0 Å². The molecule has 1 saturated carbocycles. The summed E-state index contributed by atoms with van der Waals surface area (Å²) in [6, 6.07) is 1.10. The largest absolute Gasteiger partial charge is 0.392 e. The minimum atomic E-state index is 0.260. The molecule has 0 aromatic heterocycles. The minimum Gasteiger partial charge on any atom is -0.392 e. The van der Waals surface area contributed by atoms with Crippen LogP contribution < -0.4 is 5.73 Å². The van der Waals surface area contributed by atoms with Crippen LogP contribution in [-0.4, -0.2) is 53.1 Å². The topological polar surface area (TPSA) is 32.5 Å². The van der Waals surface area contributed by atoms with Gasteiger partial charge < -0.3 is 5.73 Å². The SMILES string of the molecule is CC(C(N)=S)N1CCN(C2CCCCCC2)CC1. The fourth-order valence-electron chi connectivity index (χ4n) is 3.29. The normalized spacial score (nSPS) is 26.7. The van der Waals surface area contributed by atoms with Crippen LogP contribution in [0.4, 0.5) is 0 Å². The van der Waals surface area contributed by atoms with Gasteiger partial charge in [-0.3, -0.25) is 9.80 Å². The molecule has 1 unspecified atom stereocenters. The fraction of sp³-hybridized carbons (Fsp3) is 0.929. The maximum Gasteiger partial charge on any atom is 0.0899 e. The molecule has 0 aromatic carbocycles. The molecule has 2 fully saturated rings. The van der Waals surface area contributed by atoms with Crippen molar-refractivity contribution in [2.24, 2.45) is 5.73 Å². The standard InChI is InChI=1S/C14H27N3S/c1-12(14(15)18)16-8-10-17(11-9-16)13-6-4-2-3-5-7-13/h12-13H,2-11H2,1H3,(H2,15,18). The number of hydrogen-bond donors (Lipinski definition) is 1. The van der Waals surface area contributed by atoms with Gasteiger partial charge in [-0.15, -0.1) is 0 Å². The molecular weight excluding hydrogens is 242 g/mol. The van der Waals surface area contributed by atoms with Crippen molar-refractivity contribution in [1.82, 2.24) is 9.80 Å². The first-order valence-electron chi connectivity index (χ1n) is 7.46. The molecule has 1 aliphatic carbocycles. The number of nitrogens with zero attached hydrogens (tertiary/aromatic N) is 2. The third-order valence-corrected chi connectivity index (χ3v) is 4.99. The summed E-state index contributed by atoms with van der Waals surface area (Å²) in [5.74, 6) is 0. The fourth-order valence-corrected chi connectivity index (χ4v) is 3.44. The highest BCUT2D eigenvalue weighted by Crippen LogP contribution is 2.23. The molecule has 0 aromatic rings. The van der Waals surface area contributed by atoms with E-state index in [1.54, 1.807) is 0 Å². The molecule has 1 saturated heterocycles. The Morgan fingerprint density at radius 3 is 2.11 bits per heavy atom. The van der Waals surface area contributed by atoms with E-state index in [4.69, 9.17) is 18.0 Å². The highest BCUT2D eigenvalue weighted by Gasteiger charge is 2.26. The van der Waals surface area contributed by atoms with Gasteiger partial charge >= 0.3 is 0 Å². The molecule has 1 heterocycles. The second kappa shape index (κ2) is 6.83. The lowest BCUT2D eigenvalue weighted by Crippen LogP contribution is -2.54. The zero-order chi connectivity index (χ0) is 13.0. The highest BCUT2D eigenvalue weighted by atomic mass is 32.1. The van der Waals surface area contributed by atoms with Crippen LogP contribution in [0.3, 0.4) is 0 Å². The van der Waals surface area contributed by atoms with E-state index in [1.807, 2.05) is 0 Å². The van der Waals surface area contributed by atoms with E-state index in [9.17, 15) is 0 Å². The summed E-state index contributed by atoms with van der Waals surface area (Å²) in [4.78, 5) is 5.77. The Hall–Kier alpha value is -0.190. The van der Waals surface area contributed by atoms with Gasteiger partial charge in [-0.1, -0.05) is 37.9 Å². The summed E-state index contributed by atoms with van der Waals surface area (Å²) in [6.07, 6.45) is 8.54. The van der Waals surface area contributed by atoms with Crippen molar-refractivity contribution < 1.29 is 0 Å². The Balaban J connectivity index is 1.80. The van der Waals surface area contributed by atoms with E-state index < -0.39 is 0 Å². The Morgan fingerprint density at radius 2 is 1.61 bits per heavy atom. The predicted molar refractivity (Wildman–Crippen MR) is 80.9 cm³/mol. The summed E-state index contributed by atoms with van der Waals surface area (Å²) in [6.45, 7) is 6.75. The molecule has 1 atom stereocenters. The van der Waals surface area contributed by atoms with Crippen LogP contribution in [0.5, 0.6) is 0 Å². The van der Waals surface area contributed by atoms with E-state index in [1.165, 1.54) is 51.6 Å². The van der Waals surface area contributed by atoms with E-state index in [0.29, 0.717) is 4.99 Å². The summed E-state index contributed by atoms with van der Waals surface area (Å²) >= 11 is 5.09. The van der Waals surface area contributed by atoms with Crippen molar-refractivity contribution in [2.75, 3.05) is 26.2 Å². The van der Waals surface area contributed by atoms with Gasteiger partial charge in [0.25, 0.3) is 0 Å². The van der Waals surface area contributed by atoms with Gasteiger partial charge in [0, 0.05) is 32.2 Å². The van der Waals surface area contributed by atoms with Crippen LogP contribution in [0.2, 0.25) is 0 Å². The Kier molecular flexibility index (Phi) is 5.39. The lowest BCUT2D eigenvalue weighted by Gasteiger charge is -2.41. The first-order chi connectivity index (χ1) is 8.68. The van der Waals surface area contributed by atoms with Crippen molar-refractivity contribution >= 4 is 17.2 Å². The molecule has 0 radical (unpaired) electrons. The Bertz CT molecular complexity index is 266. The maximum atomic E-state index is 5.74. The van der Waals surface area contributed by atoms with E-state index in [0.717, 1.165) is 19.1 Å². The number of rotatable bonds is 3. The van der Waals surface area contributed by atoms with Gasteiger partial charge in [0.15, 0.2) is 0 Å². The van der Waals surface area contributed by atoms with Gasteiger partial charge in [0.2, 0.25) is 0 Å². The quantitative estimate of drug-likeness (QED) is 0.627. The number of nitrogens with two attached hydrogens (primary N) is 1. The summed E-state index contributed by atoms with van der Waals surface area (Å²) in [7, 11) is 0. The zero-order valence-corrected chi connectivity index (χ0v) is 12.4. The van der Waals surface area contributed by atoms with Crippen molar-refractivity contribution in [1.29, 1.82) is 0 Å². The van der Waals surface area contributed by atoms with Crippen molar-refractivity contribution in [3.8, 4) is 0 Å². The summed E-state index contributed by atoms with van der Waals surface area (Å²) in [5.41, 5.74) is 5.74. The van der Waals surface area contributed by atoms with Crippen molar-refractivity contribution in [3.63, 3.8) is 0 Å². The third kappa shape index (κ3) is 3.65. The average Bonchev–Trinajstić information content (AvgIpc) is 2.67. The van der Waals surface area contributed by atoms with Gasteiger partial charge in [-0.05, 0) is 19.8 Å². The second-order valence-electron chi connectivity index (χ2n) is 5.80. The lowest BCUT2D eigenvalue weighted by molar-refractivity contribution is 0.0823. The van der Waals surface area contributed by atoms with Gasteiger partial charge in [0.05, 0.1) is 11.0 Å². The van der Waals surface area contributed by atoms with Crippen LogP contribution >= 0.6 is 12.2 Å². The molecule has 3 nitrogen and oxygen atoms in total. The lowest BCUT2D eigenvalue weighted by atomic mass is 10.1. The predicted octanol–water partition coefficient (Wildman–Crippen LogP) is 2.00. The molecule has 4 heteroatoms. The van der Waals surface area contributed by atoms with Crippen LogP contribution in [0, 0.1) is 0 Å². The highest BCUT2D eigenvalue weighted by molar-refractivity contribution is 7.80. The average molecular weight is 269 g/mol. The molecule has 0 bridgehead atoms. The summed E-state index contributed by atoms with van der Waals surface area (Å²) in [5, 5.41) is 0. The maximum absolute atomic E-state index is 5.74. The van der Waals surface area contributed by atoms with Crippen LogP contribution in [0.1, 0.15) is 45.4 Å². The Labute approximate surface area is 117 Å². The number of piperazine rings is 1. The van der Waals surface area contributed by atoms with E-state index in [2.05, 4.69) is 16.7 Å². The summed E-state index contributed by atoms with van der Waals surface area (Å²) < 4.78 is 0.